The largest absolute Gasteiger partial charge is 0.496 e. The van der Waals surface area contributed by atoms with Gasteiger partial charge in [0.15, 0.2) is 0 Å². The minimum absolute atomic E-state index is 0.391. The first-order valence-electron chi connectivity index (χ1n) is 4.77. The molecule has 3 heteroatoms. The Morgan fingerprint density at radius 2 is 2.13 bits per heavy atom. The molecule has 0 aliphatic carbocycles. The molecular weight excluding hydrogens is 212 g/mol. The van der Waals surface area contributed by atoms with Gasteiger partial charge in [-0.2, -0.15) is 0 Å². The quantitative estimate of drug-likeness (QED) is 0.738. The van der Waals surface area contributed by atoms with Crippen LogP contribution in [0, 0.1) is 5.41 Å². The fourth-order valence-electron chi connectivity index (χ4n) is 1.42. The maximum atomic E-state index is 10.8. The summed E-state index contributed by atoms with van der Waals surface area (Å²) in [6.07, 6.45) is 1.58. The second kappa shape index (κ2) is 4.67. The van der Waals surface area contributed by atoms with E-state index < -0.39 is 5.41 Å². The lowest BCUT2D eigenvalue weighted by molar-refractivity contribution is -0.114. The Morgan fingerprint density at radius 1 is 1.47 bits per heavy atom. The highest BCUT2D eigenvalue weighted by Gasteiger charge is 2.19. The molecule has 15 heavy (non-hydrogen) atoms. The van der Waals surface area contributed by atoms with Crippen molar-refractivity contribution >= 4 is 17.9 Å². The Hall–Kier alpha value is -1.02. The summed E-state index contributed by atoms with van der Waals surface area (Å²) in [7, 11) is 1.61. The third kappa shape index (κ3) is 3.24. The van der Waals surface area contributed by atoms with Gasteiger partial charge in [0.25, 0.3) is 0 Å². The zero-order chi connectivity index (χ0) is 11.5. The molecule has 0 fully saturated rings. The first-order chi connectivity index (χ1) is 6.98. The van der Waals surface area contributed by atoms with Crippen LogP contribution in [0.25, 0.3) is 0 Å². The molecule has 0 aromatic heterocycles. The molecule has 0 radical (unpaired) electrons. The molecule has 0 unspecified atom stereocenters. The summed E-state index contributed by atoms with van der Waals surface area (Å²) in [4.78, 5) is 10.8. The summed E-state index contributed by atoms with van der Waals surface area (Å²) in [5.74, 6) is 0.773. The number of ether oxygens (including phenoxy) is 1. The van der Waals surface area contributed by atoms with Gasteiger partial charge in [-0.3, -0.25) is 0 Å². The van der Waals surface area contributed by atoms with Gasteiger partial charge in [-0.25, -0.2) is 0 Å². The van der Waals surface area contributed by atoms with E-state index in [4.69, 9.17) is 16.3 Å². The number of benzene rings is 1. The maximum absolute atomic E-state index is 10.8. The van der Waals surface area contributed by atoms with E-state index >= 15 is 0 Å². The van der Waals surface area contributed by atoms with Crippen LogP contribution in [0.1, 0.15) is 19.4 Å². The van der Waals surface area contributed by atoms with Gasteiger partial charge in [-0.15, -0.1) is 0 Å². The fourth-order valence-corrected chi connectivity index (χ4v) is 1.61. The molecule has 0 saturated carbocycles. The molecule has 0 heterocycles. The minimum atomic E-state index is -0.391. The number of hydrogen-bond acceptors (Lipinski definition) is 2. The van der Waals surface area contributed by atoms with Crippen molar-refractivity contribution in [3.8, 4) is 5.75 Å². The molecule has 0 saturated heterocycles. The maximum Gasteiger partial charge on any atom is 0.125 e. The van der Waals surface area contributed by atoms with E-state index in [-0.39, 0.29) is 0 Å². The third-order valence-electron chi connectivity index (χ3n) is 2.21. The highest BCUT2D eigenvalue weighted by molar-refractivity contribution is 6.30. The number of carbonyl (C=O) groups is 1. The molecule has 82 valence electrons. The van der Waals surface area contributed by atoms with Crippen molar-refractivity contribution in [3.05, 3.63) is 28.8 Å². The molecule has 0 aliphatic rings. The highest BCUT2D eigenvalue weighted by atomic mass is 35.5. The van der Waals surface area contributed by atoms with Gasteiger partial charge in [0.1, 0.15) is 12.0 Å². The normalized spacial score (nSPS) is 11.2. The van der Waals surface area contributed by atoms with E-state index in [1.54, 1.807) is 13.2 Å². The van der Waals surface area contributed by atoms with Crippen molar-refractivity contribution in [1.29, 1.82) is 0 Å². The molecule has 0 atom stereocenters. The molecule has 1 aromatic carbocycles. The zero-order valence-corrected chi connectivity index (χ0v) is 9.97. The monoisotopic (exact) mass is 226 g/mol. The Labute approximate surface area is 95.2 Å². The number of carbonyl (C=O) groups excluding carboxylic acids is 1. The van der Waals surface area contributed by atoms with E-state index in [0.29, 0.717) is 11.4 Å². The molecule has 0 spiro atoms. The van der Waals surface area contributed by atoms with Crippen LogP contribution in [-0.2, 0) is 11.2 Å². The van der Waals surface area contributed by atoms with E-state index in [2.05, 4.69) is 0 Å². The van der Waals surface area contributed by atoms with Crippen LogP contribution in [-0.4, -0.2) is 13.4 Å². The summed E-state index contributed by atoms with van der Waals surface area (Å²) >= 11 is 5.90. The number of rotatable bonds is 4. The van der Waals surface area contributed by atoms with Gasteiger partial charge in [0.05, 0.1) is 7.11 Å². The predicted octanol–water partition coefficient (Wildman–Crippen LogP) is 3.12. The summed E-state index contributed by atoms with van der Waals surface area (Å²) in [5.41, 5.74) is 0.569. The summed E-state index contributed by atoms with van der Waals surface area (Å²) in [5, 5.41) is 0.660. The smallest absolute Gasteiger partial charge is 0.125 e. The standard InChI is InChI=1S/C12H15ClO2/c1-12(2,8-14)7-9-6-10(13)4-5-11(9)15-3/h4-6,8H,7H2,1-3H3. The van der Waals surface area contributed by atoms with Crippen molar-refractivity contribution in [2.75, 3.05) is 7.11 Å². The zero-order valence-electron chi connectivity index (χ0n) is 9.21. The molecule has 0 amide bonds. The highest BCUT2D eigenvalue weighted by Crippen LogP contribution is 2.28. The van der Waals surface area contributed by atoms with Crippen molar-refractivity contribution in [2.45, 2.75) is 20.3 Å². The Morgan fingerprint density at radius 3 is 2.67 bits per heavy atom. The van der Waals surface area contributed by atoms with Crippen LogP contribution < -0.4 is 4.74 Å². The second-order valence-electron chi connectivity index (χ2n) is 4.24. The number of hydrogen-bond donors (Lipinski definition) is 0. The average molecular weight is 227 g/mol. The SMILES string of the molecule is COc1ccc(Cl)cc1CC(C)(C)C=O. The van der Waals surface area contributed by atoms with E-state index in [0.717, 1.165) is 17.6 Å². The van der Waals surface area contributed by atoms with Crippen LogP contribution >= 0.6 is 11.6 Å². The first-order valence-corrected chi connectivity index (χ1v) is 5.15. The van der Waals surface area contributed by atoms with Crippen LogP contribution in [0.4, 0.5) is 0 Å². The molecule has 0 aliphatic heterocycles. The van der Waals surface area contributed by atoms with Gasteiger partial charge in [-0.05, 0) is 30.2 Å². The fraction of sp³-hybridized carbons (Fsp3) is 0.417. The average Bonchev–Trinajstić information content (AvgIpc) is 2.18. The van der Waals surface area contributed by atoms with Crippen LogP contribution in [0.3, 0.4) is 0 Å². The first kappa shape index (κ1) is 12.1. The molecule has 1 rings (SSSR count). The molecule has 2 nitrogen and oxygen atoms in total. The molecule has 0 bridgehead atoms. The third-order valence-corrected chi connectivity index (χ3v) is 2.44. The minimum Gasteiger partial charge on any atom is -0.496 e. The molecule has 1 aromatic rings. The van der Waals surface area contributed by atoms with Crippen LogP contribution in [0.15, 0.2) is 18.2 Å². The van der Waals surface area contributed by atoms with Crippen LogP contribution in [0.2, 0.25) is 5.02 Å². The lowest BCUT2D eigenvalue weighted by atomic mass is 9.87. The predicted molar refractivity (Wildman–Crippen MR) is 61.6 cm³/mol. The number of methoxy groups -OCH3 is 1. The number of halogens is 1. The molecular formula is C12H15ClO2. The van der Waals surface area contributed by atoms with Crippen molar-refractivity contribution in [2.24, 2.45) is 5.41 Å². The van der Waals surface area contributed by atoms with Crippen molar-refractivity contribution in [3.63, 3.8) is 0 Å². The Kier molecular flexibility index (Phi) is 3.75. The van der Waals surface area contributed by atoms with E-state index in [1.165, 1.54) is 0 Å². The summed E-state index contributed by atoms with van der Waals surface area (Å²) in [6.45, 7) is 3.78. The van der Waals surface area contributed by atoms with Crippen molar-refractivity contribution < 1.29 is 9.53 Å². The summed E-state index contributed by atoms with van der Waals surface area (Å²) in [6, 6.07) is 5.43. The molecule has 0 N–H and O–H groups in total. The summed E-state index contributed by atoms with van der Waals surface area (Å²) < 4.78 is 5.22. The van der Waals surface area contributed by atoms with Gasteiger partial charge in [0.2, 0.25) is 0 Å². The van der Waals surface area contributed by atoms with E-state index in [9.17, 15) is 4.79 Å². The van der Waals surface area contributed by atoms with Gasteiger partial charge >= 0.3 is 0 Å². The van der Waals surface area contributed by atoms with Crippen LogP contribution in [0.5, 0.6) is 5.75 Å². The van der Waals surface area contributed by atoms with Crippen molar-refractivity contribution in [1.82, 2.24) is 0 Å². The Bertz CT molecular complexity index is 359. The van der Waals surface area contributed by atoms with E-state index in [1.807, 2.05) is 26.0 Å². The lowest BCUT2D eigenvalue weighted by Gasteiger charge is -2.18. The number of aldehydes is 1. The lowest BCUT2D eigenvalue weighted by Crippen LogP contribution is -2.16. The topological polar surface area (TPSA) is 26.3 Å². The van der Waals surface area contributed by atoms with Gasteiger partial charge in [0, 0.05) is 10.4 Å². The Balaban J connectivity index is 3.02. The van der Waals surface area contributed by atoms with Gasteiger partial charge < -0.3 is 9.53 Å². The van der Waals surface area contributed by atoms with Gasteiger partial charge in [-0.1, -0.05) is 25.4 Å². The second-order valence-corrected chi connectivity index (χ2v) is 4.68.